The molecular weight excluding hydrogens is 330 g/mol. The van der Waals surface area contributed by atoms with Crippen molar-refractivity contribution in [3.63, 3.8) is 0 Å². The van der Waals surface area contributed by atoms with Crippen LogP contribution in [0.1, 0.15) is 28.8 Å². The Kier molecular flexibility index (Phi) is 5.99. The number of hydroxylamine groups is 2. The van der Waals surface area contributed by atoms with Gasteiger partial charge < -0.3 is 10.6 Å². The van der Waals surface area contributed by atoms with Gasteiger partial charge >= 0.3 is 0 Å². The molecule has 1 aliphatic heterocycles. The molecule has 1 heterocycles. The predicted octanol–water partition coefficient (Wildman–Crippen LogP) is 3.21. The van der Waals surface area contributed by atoms with E-state index >= 15 is 0 Å². The number of benzene rings is 2. The first-order valence-corrected chi connectivity index (χ1v) is 8.76. The molecule has 6 nitrogen and oxygen atoms in total. The van der Waals surface area contributed by atoms with Crippen LogP contribution in [0.4, 0.5) is 11.4 Å². The molecule has 0 bridgehead atoms. The average Bonchev–Trinajstić information content (AvgIpc) is 3.14. The zero-order valence-electron chi connectivity index (χ0n) is 14.8. The van der Waals surface area contributed by atoms with Gasteiger partial charge in [-0.3, -0.25) is 14.4 Å². The Morgan fingerprint density at radius 1 is 1.08 bits per heavy atom. The smallest absolute Gasteiger partial charge is 0.255 e. The molecule has 0 unspecified atom stereocenters. The van der Waals surface area contributed by atoms with Crippen molar-refractivity contribution in [1.29, 1.82) is 0 Å². The topological polar surface area (TPSA) is 70.7 Å². The van der Waals surface area contributed by atoms with Gasteiger partial charge in [-0.05, 0) is 43.7 Å². The van der Waals surface area contributed by atoms with Crippen molar-refractivity contribution >= 4 is 23.2 Å². The monoisotopic (exact) mass is 353 g/mol. The third kappa shape index (κ3) is 5.15. The standard InChI is InChI=1S/C20H23N3O3/c1-15-6-8-16(9-7-15)20(25)22-18-5-2-4-17(14-18)21-19(24)10-12-23-11-3-13-26-23/h2,4-9,14H,3,10-13H2,1H3,(H,21,24)(H,22,25). The molecule has 0 saturated carbocycles. The van der Waals surface area contributed by atoms with Gasteiger partial charge in [-0.1, -0.05) is 23.8 Å². The van der Waals surface area contributed by atoms with Gasteiger partial charge in [0.1, 0.15) is 0 Å². The van der Waals surface area contributed by atoms with E-state index in [1.54, 1.807) is 36.4 Å². The summed E-state index contributed by atoms with van der Waals surface area (Å²) >= 11 is 0. The number of hydrogen-bond donors (Lipinski definition) is 2. The van der Waals surface area contributed by atoms with Crippen LogP contribution in [-0.4, -0.2) is 36.6 Å². The fourth-order valence-electron chi connectivity index (χ4n) is 2.71. The summed E-state index contributed by atoms with van der Waals surface area (Å²) in [7, 11) is 0. The van der Waals surface area contributed by atoms with Gasteiger partial charge in [0.15, 0.2) is 0 Å². The SMILES string of the molecule is Cc1ccc(C(=O)Nc2cccc(NC(=O)CCN3CCCO3)c2)cc1. The Balaban J connectivity index is 1.54. The molecular formula is C20H23N3O3. The Labute approximate surface area is 153 Å². The molecule has 0 aliphatic carbocycles. The Hall–Kier alpha value is -2.70. The maximum atomic E-state index is 12.3. The minimum Gasteiger partial charge on any atom is -0.326 e. The van der Waals surface area contributed by atoms with Crippen molar-refractivity contribution in [2.75, 3.05) is 30.3 Å². The van der Waals surface area contributed by atoms with E-state index in [0.29, 0.717) is 29.9 Å². The van der Waals surface area contributed by atoms with E-state index in [9.17, 15) is 9.59 Å². The highest BCUT2D eigenvalue weighted by atomic mass is 16.7. The minimum absolute atomic E-state index is 0.0810. The van der Waals surface area contributed by atoms with Gasteiger partial charge in [-0.2, -0.15) is 5.06 Å². The van der Waals surface area contributed by atoms with E-state index in [1.807, 2.05) is 24.1 Å². The Bertz CT molecular complexity index is 768. The summed E-state index contributed by atoms with van der Waals surface area (Å²) in [4.78, 5) is 29.7. The first-order chi connectivity index (χ1) is 12.6. The van der Waals surface area contributed by atoms with Crippen LogP contribution in [0.5, 0.6) is 0 Å². The van der Waals surface area contributed by atoms with Crippen LogP contribution in [0, 0.1) is 6.92 Å². The third-order valence-electron chi connectivity index (χ3n) is 4.13. The molecule has 2 aromatic carbocycles. The predicted molar refractivity (Wildman–Crippen MR) is 101 cm³/mol. The van der Waals surface area contributed by atoms with Gasteiger partial charge in [-0.25, -0.2) is 0 Å². The van der Waals surface area contributed by atoms with Crippen molar-refractivity contribution in [2.24, 2.45) is 0 Å². The van der Waals surface area contributed by atoms with E-state index in [0.717, 1.165) is 25.1 Å². The summed E-state index contributed by atoms with van der Waals surface area (Å²) in [5.74, 6) is -0.262. The van der Waals surface area contributed by atoms with E-state index < -0.39 is 0 Å². The maximum Gasteiger partial charge on any atom is 0.255 e. The molecule has 2 aromatic rings. The number of hydrogen-bond acceptors (Lipinski definition) is 4. The van der Waals surface area contributed by atoms with Crippen molar-refractivity contribution in [3.8, 4) is 0 Å². The molecule has 0 aromatic heterocycles. The highest BCUT2D eigenvalue weighted by molar-refractivity contribution is 6.04. The summed E-state index contributed by atoms with van der Waals surface area (Å²) in [5.41, 5.74) is 2.98. The van der Waals surface area contributed by atoms with Crippen LogP contribution in [-0.2, 0) is 9.63 Å². The molecule has 1 aliphatic rings. The number of aryl methyl sites for hydroxylation is 1. The molecule has 0 radical (unpaired) electrons. The van der Waals surface area contributed by atoms with Crippen LogP contribution in [0.15, 0.2) is 48.5 Å². The lowest BCUT2D eigenvalue weighted by Crippen LogP contribution is -2.24. The number of anilines is 2. The summed E-state index contributed by atoms with van der Waals surface area (Å²) in [6.45, 7) is 4.15. The first kappa shape index (κ1) is 18.1. The largest absolute Gasteiger partial charge is 0.326 e. The van der Waals surface area contributed by atoms with Gasteiger partial charge in [-0.15, -0.1) is 0 Å². The Morgan fingerprint density at radius 3 is 2.50 bits per heavy atom. The number of amides is 2. The molecule has 26 heavy (non-hydrogen) atoms. The molecule has 0 atom stereocenters. The van der Waals surface area contributed by atoms with Gasteiger partial charge in [0, 0.05) is 36.4 Å². The molecule has 2 N–H and O–H groups in total. The molecule has 3 rings (SSSR count). The molecule has 1 fully saturated rings. The van der Waals surface area contributed by atoms with Crippen LogP contribution < -0.4 is 10.6 Å². The first-order valence-electron chi connectivity index (χ1n) is 8.76. The van der Waals surface area contributed by atoms with E-state index in [1.165, 1.54) is 0 Å². The summed E-state index contributed by atoms with van der Waals surface area (Å²) in [6.07, 6.45) is 1.37. The second-order valence-corrected chi connectivity index (χ2v) is 6.31. The van der Waals surface area contributed by atoms with Crippen LogP contribution >= 0.6 is 0 Å². The zero-order chi connectivity index (χ0) is 18.4. The maximum absolute atomic E-state index is 12.3. The van der Waals surface area contributed by atoms with Crippen molar-refractivity contribution in [2.45, 2.75) is 19.8 Å². The van der Waals surface area contributed by atoms with Crippen molar-refractivity contribution < 1.29 is 14.4 Å². The van der Waals surface area contributed by atoms with E-state index in [2.05, 4.69) is 10.6 Å². The van der Waals surface area contributed by atoms with E-state index in [4.69, 9.17) is 4.84 Å². The van der Waals surface area contributed by atoms with E-state index in [-0.39, 0.29) is 11.8 Å². The lowest BCUT2D eigenvalue weighted by molar-refractivity contribution is -0.126. The highest BCUT2D eigenvalue weighted by Gasteiger charge is 2.14. The van der Waals surface area contributed by atoms with Crippen molar-refractivity contribution in [3.05, 3.63) is 59.7 Å². The fraction of sp³-hybridized carbons (Fsp3) is 0.300. The molecule has 136 valence electrons. The minimum atomic E-state index is -0.181. The zero-order valence-corrected chi connectivity index (χ0v) is 14.8. The van der Waals surface area contributed by atoms with Crippen molar-refractivity contribution in [1.82, 2.24) is 5.06 Å². The quantitative estimate of drug-likeness (QED) is 0.837. The van der Waals surface area contributed by atoms with Gasteiger partial charge in [0.2, 0.25) is 5.91 Å². The molecule has 0 spiro atoms. The summed E-state index contributed by atoms with van der Waals surface area (Å²) in [5, 5.41) is 7.52. The van der Waals surface area contributed by atoms with Crippen LogP contribution in [0.2, 0.25) is 0 Å². The Morgan fingerprint density at radius 2 is 1.81 bits per heavy atom. The number of rotatable bonds is 6. The average molecular weight is 353 g/mol. The lowest BCUT2D eigenvalue weighted by Gasteiger charge is -2.13. The van der Waals surface area contributed by atoms with Crippen LogP contribution in [0.3, 0.4) is 0 Å². The summed E-state index contributed by atoms with van der Waals surface area (Å²) < 4.78 is 0. The van der Waals surface area contributed by atoms with Crippen LogP contribution in [0.25, 0.3) is 0 Å². The second kappa shape index (κ2) is 8.60. The summed E-state index contributed by atoms with van der Waals surface area (Å²) in [6, 6.07) is 14.5. The fourth-order valence-corrected chi connectivity index (χ4v) is 2.71. The molecule has 2 amide bonds. The lowest BCUT2D eigenvalue weighted by atomic mass is 10.1. The molecule has 1 saturated heterocycles. The molecule has 6 heteroatoms. The van der Waals surface area contributed by atoms with Gasteiger partial charge in [0.05, 0.1) is 6.61 Å². The normalized spacial score (nSPS) is 14.2. The third-order valence-corrected chi connectivity index (χ3v) is 4.13. The number of nitrogens with one attached hydrogen (secondary N) is 2. The number of nitrogens with zero attached hydrogens (tertiary/aromatic N) is 1. The number of carbonyl (C=O) groups is 2. The van der Waals surface area contributed by atoms with Gasteiger partial charge in [0.25, 0.3) is 5.91 Å². The second-order valence-electron chi connectivity index (χ2n) is 6.31. The number of carbonyl (C=O) groups excluding carboxylic acids is 2. The highest BCUT2D eigenvalue weighted by Crippen LogP contribution is 2.17.